The van der Waals surface area contributed by atoms with Crippen LogP contribution in [0.3, 0.4) is 0 Å². The van der Waals surface area contributed by atoms with Gasteiger partial charge in [0.25, 0.3) is 0 Å². The van der Waals surface area contributed by atoms with Gasteiger partial charge in [0, 0.05) is 10.2 Å². The van der Waals surface area contributed by atoms with E-state index in [1.165, 1.54) is 16.3 Å². The Morgan fingerprint density at radius 2 is 2.23 bits per heavy atom. The molecule has 4 heteroatoms. The van der Waals surface area contributed by atoms with E-state index in [1.54, 1.807) is 18.2 Å². The highest BCUT2D eigenvalue weighted by molar-refractivity contribution is 14.1. The second-order valence-electron chi connectivity index (χ2n) is 2.75. The Labute approximate surface area is 94.2 Å². The summed E-state index contributed by atoms with van der Waals surface area (Å²) in [6.45, 7) is 0.626. The first-order valence-corrected chi connectivity index (χ1v) is 6.81. The minimum atomic E-state index is -0.239. The lowest BCUT2D eigenvalue weighted by molar-refractivity contribution is 0.300. The van der Waals surface area contributed by atoms with Crippen LogP contribution in [0.1, 0.15) is 6.42 Å². The molecule has 1 nitrogen and oxygen atoms in total. The van der Waals surface area contributed by atoms with E-state index in [-0.39, 0.29) is 5.82 Å². The van der Waals surface area contributed by atoms with Crippen molar-refractivity contribution in [3.63, 3.8) is 0 Å². The zero-order chi connectivity index (χ0) is 9.68. The molecule has 0 saturated heterocycles. The highest BCUT2D eigenvalue weighted by Gasteiger charge is 2.05. The molecular weight excluding hydrogens is 298 g/mol. The highest BCUT2D eigenvalue weighted by Crippen LogP contribution is 2.21. The zero-order valence-corrected chi connectivity index (χ0v) is 11.7. The molecule has 13 heavy (non-hydrogen) atoms. The van der Waals surface area contributed by atoms with E-state index in [0.717, 1.165) is 6.42 Å². The van der Waals surface area contributed by atoms with Gasteiger partial charge in [0.05, 0.1) is 10.2 Å². The average Bonchev–Trinajstić information content (AvgIpc) is 2.13. The van der Waals surface area contributed by atoms with E-state index in [9.17, 15) is 4.39 Å². The van der Waals surface area contributed by atoms with Crippen molar-refractivity contribution < 1.29 is 9.13 Å². The van der Waals surface area contributed by atoms with E-state index in [4.69, 9.17) is 4.74 Å². The van der Waals surface area contributed by atoms with E-state index < -0.39 is 0 Å². The lowest BCUT2D eigenvalue weighted by Gasteiger charge is -2.06. The SMILES string of the molecule is Fc1c(I)cccc1OCCC[SiH3]. The average molecular weight is 310 g/mol. The van der Waals surface area contributed by atoms with Crippen LogP contribution in [-0.4, -0.2) is 16.8 Å². The summed E-state index contributed by atoms with van der Waals surface area (Å²) >= 11 is 1.96. The predicted molar refractivity (Wildman–Crippen MR) is 64.0 cm³/mol. The molecule has 0 unspecified atom stereocenters. The summed E-state index contributed by atoms with van der Waals surface area (Å²) in [5.41, 5.74) is 0. The van der Waals surface area contributed by atoms with Crippen LogP contribution in [0.2, 0.25) is 6.04 Å². The Morgan fingerprint density at radius 1 is 1.46 bits per heavy atom. The van der Waals surface area contributed by atoms with Gasteiger partial charge in [0.2, 0.25) is 0 Å². The molecule has 72 valence electrons. The molecule has 0 radical (unpaired) electrons. The van der Waals surface area contributed by atoms with Crippen molar-refractivity contribution in [1.82, 2.24) is 0 Å². The Bertz CT molecular complexity index is 280. The second-order valence-corrected chi connectivity index (χ2v) is 4.92. The molecular formula is C9H12FIOSi. The topological polar surface area (TPSA) is 9.23 Å². The Morgan fingerprint density at radius 3 is 2.92 bits per heavy atom. The molecule has 0 spiro atoms. The molecule has 0 aliphatic carbocycles. The van der Waals surface area contributed by atoms with Crippen molar-refractivity contribution in [1.29, 1.82) is 0 Å². The van der Waals surface area contributed by atoms with Gasteiger partial charge in [-0.05, 0) is 41.1 Å². The van der Waals surface area contributed by atoms with E-state index >= 15 is 0 Å². The molecule has 0 N–H and O–H groups in total. The Balaban J connectivity index is 2.61. The van der Waals surface area contributed by atoms with E-state index in [1.807, 2.05) is 22.6 Å². The van der Waals surface area contributed by atoms with Gasteiger partial charge < -0.3 is 4.74 Å². The molecule has 0 atom stereocenters. The highest BCUT2D eigenvalue weighted by atomic mass is 127. The standard InChI is InChI=1S/C9H12FIOSi/c10-9-7(11)3-1-4-8(9)12-5-2-6-13/h1,3-4H,2,5-6H2,13H3. The van der Waals surface area contributed by atoms with E-state index in [0.29, 0.717) is 15.9 Å². The quantitative estimate of drug-likeness (QED) is 0.469. The number of hydrogen-bond acceptors (Lipinski definition) is 1. The van der Waals surface area contributed by atoms with Crippen LogP contribution in [0.25, 0.3) is 0 Å². The van der Waals surface area contributed by atoms with Gasteiger partial charge in [-0.1, -0.05) is 12.1 Å². The minimum absolute atomic E-state index is 0.239. The Hall–Kier alpha value is -0.103. The first-order chi connectivity index (χ1) is 6.25. The van der Waals surface area contributed by atoms with Gasteiger partial charge in [0.15, 0.2) is 11.6 Å². The molecule has 0 amide bonds. The third kappa shape index (κ3) is 3.26. The summed E-state index contributed by atoms with van der Waals surface area (Å²) in [7, 11) is 1.19. The first kappa shape index (κ1) is 11.0. The molecule has 0 aliphatic heterocycles. The van der Waals surface area contributed by atoms with Crippen LogP contribution < -0.4 is 4.74 Å². The maximum Gasteiger partial charge on any atom is 0.178 e. The lowest BCUT2D eigenvalue weighted by Crippen LogP contribution is -1.99. The predicted octanol–water partition coefficient (Wildman–Crippen LogP) is 1.98. The monoisotopic (exact) mass is 310 g/mol. The summed E-state index contributed by atoms with van der Waals surface area (Å²) in [4.78, 5) is 0. The third-order valence-electron chi connectivity index (χ3n) is 1.67. The third-order valence-corrected chi connectivity index (χ3v) is 3.21. The van der Waals surface area contributed by atoms with Crippen molar-refractivity contribution in [3.05, 3.63) is 27.6 Å². The molecule has 0 bridgehead atoms. The minimum Gasteiger partial charge on any atom is -0.490 e. The first-order valence-electron chi connectivity index (χ1n) is 4.32. The molecule has 1 rings (SSSR count). The van der Waals surface area contributed by atoms with Gasteiger partial charge in [-0.3, -0.25) is 0 Å². The van der Waals surface area contributed by atoms with Crippen LogP contribution in [0.5, 0.6) is 5.75 Å². The molecule has 0 heterocycles. The normalized spacial score (nSPS) is 10.3. The van der Waals surface area contributed by atoms with Crippen molar-refractivity contribution in [2.45, 2.75) is 12.5 Å². The fraction of sp³-hybridized carbons (Fsp3) is 0.333. The number of rotatable bonds is 4. The fourth-order valence-electron chi connectivity index (χ4n) is 0.922. The summed E-state index contributed by atoms with van der Waals surface area (Å²) in [5.74, 6) is 0.137. The maximum atomic E-state index is 13.3. The molecule has 1 aromatic carbocycles. The van der Waals surface area contributed by atoms with Crippen molar-refractivity contribution >= 4 is 32.8 Å². The van der Waals surface area contributed by atoms with Gasteiger partial charge in [-0.15, -0.1) is 0 Å². The van der Waals surface area contributed by atoms with Crippen molar-refractivity contribution in [3.8, 4) is 5.75 Å². The molecule has 0 saturated carbocycles. The van der Waals surface area contributed by atoms with Crippen molar-refractivity contribution in [2.75, 3.05) is 6.61 Å². The van der Waals surface area contributed by atoms with Crippen LogP contribution in [-0.2, 0) is 0 Å². The summed E-state index contributed by atoms with van der Waals surface area (Å²) in [5, 5.41) is 0. The summed E-state index contributed by atoms with van der Waals surface area (Å²) in [6, 6.07) is 6.41. The van der Waals surface area contributed by atoms with Crippen LogP contribution >= 0.6 is 22.6 Å². The molecule has 0 aromatic heterocycles. The Kier molecular flexibility index (Phi) is 4.72. The molecule has 1 aromatic rings. The maximum absolute atomic E-state index is 13.3. The zero-order valence-electron chi connectivity index (χ0n) is 7.52. The van der Waals surface area contributed by atoms with Gasteiger partial charge in [-0.2, -0.15) is 0 Å². The van der Waals surface area contributed by atoms with Crippen LogP contribution in [0.15, 0.2) is 18.2 Å². The lowest BCUT2D eigenvalue weighted by atomic mass is 10.3. The molecule has 0 aliphatic rings. The second kappa shape index (κ2) is 5.59. The van der Waals surface area contributed by atoms with Gasteiger partial charge in [-0.25, -0.2) is 4.39 Å². The van der Waals surface area contributed by atoms with Crippen LogP contribution in [0.4, 0.5) is 4.39 Å². The number of halogens is 2. The number of ether oxygens (including phenoxy) is 1. The van der Waals surface area contributed by atoms with Gasteiger partial charge in [0.1, 0.15) is 0 Å². The molecule has 0 fully saturated rings. The summed E-state index contributed by atoms with van der Waals surface area (Å²) in [6.07, 6.45) is 1.02. The fourth-order valence-corrected chi connectivity index (χ4v) is 1.68. The largest absolute Gasteiger partial charge is 0.490 e. The smallest absolute Gasteiger partial charge is 0.178 e. The number of benzene rings is 1. The van der Waals surface area contributed by atoms with Gasteiger partial charge >= 0.3 is 0 Å². The number of hydrogen-bond donors (Lipinski definition) is 0. The van der Waals surface area contributed by atoms with E-state index in [2.05, 4.69) is 0 Å². The van der Waals surface area contributed by atoms with Crippen molar-refractivity contribution in [2.24, 2.45) is 0 Å². The van der Waals surface area contributed by atoms with Crippen LogP contribution in [0, 0.1) is 9.39 Å². The summed E-state index contributed by atoms with van der Waals surface area (Å²) < 4.78 is 19.2.